The second-order valence-electron chi connectivity index (χ2n) is 5.99. The lowest BCUT2D eigenvalue weighted by molar-refractivity contribution is 0.296. The molecule has 1 heterocycles. The summed E-state index contributed by atoms with van der Waals surface area (Å²) in [6, 6.07) is 9.58. The van der Waals surface area contributed by atoms with E-state index in [9.17, 15) is 0 Å². The second kappa shape index (κ2) is 6.04. The molecule has 0 fully saturated rings. The number of rotatable bonds is 4. The molecule has 0 saturated carbocycles. The molecule has 0 aliphatic carbocycles. The number of ether oxygens (including phenoxy) is 2. The van der Waals surface area contributed by atoms with Gasteiger partial charge in [0.25, 0.3) is 0 Å². The summed E-state index contributed by atoms with van der Waals surface area (Å²) in [6.07, 6.45) is 1.73. The van der Waals surface area contributed by atoms with E-state index in [0.717, 1.165) is 22.6 Å². The minimum atomic E-state index is -0.0246. The maximum Gasteiger partial charge on any atom is 0.123 e. The van der Waals surface area contributed by atoms with Gasteiger partial charge in [-0.25, -0.2) is 4.98 Å². The molecule has 21 heavy (non-hydrogen) atoms. The van der Waals surface area contributed by atoms with Crippen molar-refractivity contribution in [2.75, 3.05) is 12.8 Å². The van der Waals surface area contributed by atoms with Gasteiger partial charge in [-0.15, -0.1) is 0 Å². The Kier molecular flexibility index (Phi) is 4.36. The Hall–Kier alpha value is -2.23. The van der Waals surface area contributed by atoms with Gasteiger partial charge >= 0.3 is 0 Å². The fourth-order valence-electron chi connectivity index (χ4n) is 2.03. The van der Waals surface area contributed by atoms with Crippen molar-refractivity contribution in [1.29, 1.82) is 0 Å². The van der Waals surface area contributed by atoms with Gasteiger partial charge in [-0.1, -0.05) is 26.8 Å². The van der Waals surface area contributed by atoms with E-state index in [2.05, 4.69) is 25.8 Å². The normalized spacial score (nSPS) is 11.2. The Morgan fingerprint density at radius 2 is 1.90 bits per heavy atom. The van der Waals surface area contributed by atoms with E-state index in [4.69, 9.17) is 15.2 Å². The van der Waals surface area contributed by atoms with Crippen molar-refractivity contribution in [2.24, 2.45) is 0 Å². The molecule has 0 aliphatic heterocycles. The molecule has 1 aromatic heterocycles. The summed E-state index contributed by atoms with van der Waals surface area (Å²) in [6.45, 7) is 6.92. The number of nitrogens with two attached hydrogens (primary N) is 1. The van der Waals surface area contributed by atoms with Crippen LogP contribution in [0.15, 0.2) is 36.5 Å². The highest BCUT2D eigenvalue weighted by molar-refractivity contribution is 5.44. The first kappa shape index (κ1) is 15.2. The average Bonchev–Trinajstić information content (AvgIpc) is 2.45. The van der Waals surface area contributed by atoms with Gasteiger partial charge in [-0.2, -0.15) is 0 Å². The molecule has 0 amide bonds. The molecule has 0 aliphatic rings. The van der Waals surface area contributed by atoms with Gasteiger partial charge in [0.1, 0.15) is 23.9 Å². The molecule has 1 aromatic carbocycles. The third kappa shape index (κ3) is 3.88. The van der Waals surface area contributed by atoms with Gasteiger partial charge in [0.15, 0.2) is 0 Å². The number of hydrogen-bond acceptors (Lipinski definition) is 4. The van der Waals surface area contributed by atoms with Crippen molar-refractivity contribution >= 4 is 5.82 Å². The van der Waals surface area contributed by atoms with Crippen LogP contribution in [0.3, 0.4) is 0 Å². The van der Waals surface area contributed by atoms with Crippen LogP contribution in [0.5, 0.6) is 11.5 Å². The number of nitrogen functional groups attached to an aromatic ring is 1. The third-order valence-corrected chi connectivity index (χ3v) is 3.24. The van der Waals surface area contributed by atoms with E-state index >= 15 is 0 Å². The smallest absolute Gasteiger partial charge is 0.123 e. The largest absolute Gasteiger partial charge is 0.497 e. The van der Waals surface area contributed by atoms with Crippen LogP contribution in [0, 0.1) is 0 Å². The average molecular weight is 286 g/mol. The lowest BCUT2D eigenvalue weighted by atomic mass is 9.86. The highest BCUT2D eigenvalue weighted by Crippen LogP contribution is 2.34. The van der Waals surface area contributed by atoms with Gasteiger partial charge < -0.3 is 15.2 Å². The van der Waals surface area contributed by atoms with Crippen molar-refractivity contribution in [2.45, 2.75) is 32.8 Å². The Bertz CT molecular complexity index is 601. The van der Waals surface area contributed by atoms with Crippen LogP contribution in [-0.4, -0.2) is 12.1 Å². The molecular formula is C17H22N2O2. The van der Waals surface area contributed by atoms with E-state index < -0.39 is 0 Å². The highest BCUT2D eigenvalue weighted by atomic mass is 16.5. The Morgan fingerprint density at radius 1 is 1.14 bits per heavy atom. The van der Waals surface area contributed by atoms with Crippen LogP contribution in [0.1, 0.15) is 31.9 Å². The molecule has 2 N–H and O–H groups in total. The summed E-state index contributed by atoms with van der Waals surface area (Å²) in [5.74, 6) is 2.21. The predicted molar refractivity (Wildman–Crippen MR) is 84.7 cm³/mol. The van der Waals surface area contributed by atoms with E-state index in [-0.39, 0.29) is 5.41 Å². The second-order valence-corrected chi connectivity index (χ2v) is 5.99. The van der Waals surface area contributed by atoms with Crippen molar-refractivity contribution < 1.29 is 9.47 Å². The van der Waals surface area contributed by atoms with Crippen LogP contribution in [0.2, 0.25) is 0 Å². The molecule has 2 rings (SSSR count). The number of nitrogens with zero attached hydrogens (tertiary/aromatic N) is 1. The number of methoxy groups -OCH3 is 1. The maximum absolute atomic E-state index is 5.95. The van der Waals surface area contributed by atoms with Crippen molar-refractivity contribution in [3.05, 3.63) is 47.7 Å². The minimum Gasteiger partial charge on any atom is -0.497 e. The summed E-state index contributed by atoms with van der Waals surface area (Å²) >= 11 is 0. The zero-order chi connectivity index (χ0) is 15.5. The molecule has 0 atom stereocenters. The quantitative estimate of drug-likeness (QED) is 0.933. The van der Waals surface area contributed by atoms with E-state index in [1.807, 2.05) is 24.3 Å². The number of benzene rings is 1. The Labute approximate surface area is 125 Å². The van der Waals surface area contributed by atoms with E-state index in [1.54, 1.807) is 19.4 Å². The van der Waals surface area contributed by atoms with Crippen molar-refractivity contribution in [3.8, 4) is 11.5 Å². The first-order chi connectivity index (χ1) is 9.90. The third-order valence-electron chi connectivity index (χ3n) is 3.24. The molecule has 0 spiro atoms. The minimum absolute atomic E-state index is 0.0246. The number of anilines is 1. The summed E-state index contributed by atoms with van der Waals surface area (Å²) in [5.41, 5.74) is 7.66. The van der Waals surface area contributed by atoms with Gasteiger partial charge in [0, 0.05) is 17.3 Å². The molecule has 112 valence electrons. The van der Waals surface area contributed by atoms with E-state index in [0.29, 0.717) is 12.4 Å². The number of hydrogen-bond donors (Lipinski definition) is 1. The summed E-state index contributed by atoms with van der Waals surface area (Å²) in [7, 11) is 1.67. The molecule has 0 radical (unpaired) electrons. The number of aromatic nitrogens is 1. The van der Waals surface area contributed by atoms with Crippen LogP contribution in [0.4, 0.5) is 5.82 Å². The maximum atomic E-state index is 5.95. The molecule has 0 bridgehead atoms. The Morgan fingerprint density at radius 3 is 2.48 bits per heavy atom. The first-order valence-electron chi connectivity index (χ1n) is 6.92. The molecule has 4 nitrogen and oxygen atoms in total. The van der Waals surface area contributed by atoms with Gasteiger partial charge in [0.2, 0.25) is 0 Å². The lowest BCUT2D eigenvalue weighted by Gasteiger charge is -2.23. The lowest BCUT2D eigenvalue weighted by Crippen LogP contribution is -2.13. The van der Waals surface area contributed by atoms with Crippen LogP contribution < -0.4 is 15.2 Å². The van der Waals surface area contributed by atoms with Crippen LogP contribution in [0.25, 0.3) is 0 Å². The van der Waals surface area contributed by atoms with Crippen molar-refractivity contribution in [3.63, 3.8) is 0 Å². The molecular weight excluding hydrogens is 264 g/mol. The predicted octanol–water partition coefficient (Wildman–Crippen LogP) is 3.55. The molecule has 2 aromatic rings. The Balaban J connectivity index is 2.21. The number of pyridine rings is 1. The monoisotopic (exact) mass is 286 g/mol. The van der Waals surface area contributed by atoms with Gasteiger partial charge in [0.05, 0.1) is 7.11 Å². The van der Waals surface area contributed by atoms with Crippen molar-refractivity contribution in [1.82, 2.24) is 4.98 Å². The summed E-state index contributed by atoms with van der Waals surface area (Å²) < 4.78 is 11.3. The fraction of sp³-hybridized carbons (Fsp3) is 0.353. The van der Waals surface area contributed by atoms with Crippen LogP contribution >= 0.6 is 0 Å². The fourth-order valence-corrected chi connectivity index (χ4v) is 2.03. The first-order valence-corrected chi connectivity index (χ1v) is 6.92. The SMILES string of the molecule is COc1ccc(OCc2ccc(N)nc2)c(C(C)(C)C)c1. The van der Waals surface area contributed by atoms with Crippen LogP contribution in [-0.2, 0) is 12.0 Å². The summed E-state index contributed by atoms with van der Waals surface area (Å²) in [5, 5.41) is 0. The standard InChI is InChI=1S/C17H22N2O2/c1-17(2,3)14-9-13(20-4)6-7-15(14)21-11-12-5-8-16(18)19-10-12/h5-10H,11H2,1-4H3,(H2,18,19). The molecule has 0 unspecified atom stereocenters. The molecule has 0 saturated heterocycles. The zero-order valence-corrected chi connectivity index (χ0v) is 13.0. The van der Waals surface area contributed by atoms with E-state index in [1.165, 1.54) is 0 Å². The van der Waals surface area contributed by atoms with Gasteiger partial charge in [-0.3, -0.25) is 0 Å². The topological polar surface area (TPSA) is 57.4 Å². The van der Waals surface area contributed by atoms with Gasteiger partial charge in [-0.05, 0) is 29.7 Å². The zero-order valence-electron chi connectivity index (χ0n) is 13.0. The highest BCUT2D eigenvalue weighted by Gasteiger charge is 2.20. The molecule has 4 heteroatoms. The summed E-state index contributed by atoms with van der Waals surface area (Å²) in [4.78, 5) is 4.07.